The molecule has 0 radical (unpaired) electrons. The Kier molecular flexibility index (Phi) is 5.15. The highest BCUT2D eigenvalue weighted by Gasteiger charge is 2.21. The molecule has 122 valence electrons. The second-order valence-electron chi connectivity index (χ2n) is 6.97. The van der Waals surface area contributed by atoms with E-state index in [2.05, 4.69) is 31.7 Å². The molecule has 0 bridgehead atoms. The number of fused-ring (bicyclic) bond motifs is 1. The first-order chi connectivity index (χ1) is 11.2. The summed E-state index contributed by atoms with van der Waals surface area (Å²) < 4.78 is 14.6. The molecule has 0 spiro atoms. The number of aryl methyl sites for hydroxylation is 1. The van der Waals surface area contributed by atoms with Gasteiger partial charge in [-0.25, -0.2) is 4.39 Å². The highest BCUT2D eigenvalue weighted by atomic mass is 19.1. The van der Waals surface area contributed by atoms with Gasteiger partial charge in [0.15, 0.2) is 0 Å². The van der Waals surface area contributed by atoms with Crippen LogP contribution in [-0.4, -0.2) is 0 Å². The third-order valence-corrected chi connectivity index (χ3v) is 5.57. The van der Waals surface area contributed by atoms with Crippen molar-refractivity contribution in [2.75, 3.05) is 0 Å². The molecular weight excluding hydrogens is 283 g/mol. The van der Waals surface area contributed by atoms with Crippen LogP contribution in [0.25, 0.3) is 10.8 Å². The summed E-state index contributed by atoms with van der Waals surface area (Å²) in [6.45, 7) is 6.02. The van der Waals surface area contributed by atoms with Gasteiger partial charge in [0, 0.05) is 5.39 Å². The molecule has 1 aliphatic carbocycles. The van der Waals surface area contributed by atoms with Crippen LogP contribution in [0.5, 0.6) is 0 Å². The molecule has 0 saturated heterocycles. The van der Waals surface area contributed by atoms with E-state index < -0.39 is 0 Å². The van der Waals surface area contributed by atoms with Crippen LogP contribution >= 0.6 is 0 Å². The average molecular weight is 310 g/mol. The minimum Gasteiger partial charge on any atom is -0.206 e. The van der Waals surface area contributed by atoms with E-state index in [0.717, 1.165) is 35.1 Å². The summed E-state index contributed by atoms with van der Waals surface area (Å²) in [6, 6.07) is 10.4. The van der Waals surface area contributed by atoms with Crippen molar-refractivity contribution >= 4 is 10.8 Å². The molecule has 3 rings (SSSR count). The first-order valence-electron chi connectivity index (χ1n) is 9.04. The Balaban J connectivity index is 1.84. The van der Waals surface area contributed by atoms with Gasteiger partial charge in [-0.15, -0.1) is 6.58 Å². The van der Waals surface area contributed by atoms with E-state index >= 15 is 0 Å². The lowest BCUT2D eigenvalue weighted by Crippen LogP contribution is -2.12. The topological polar surface area (TPSA) is 0 Å². The molecule has 2 aromatic rings. The molecule has 1 heteroatoms. The van der Waals surface area contributed by atoms with Crippen LogP contribution in [0.4, 0.5) is 4.39 Å². The SMILES string of the molecule is C=CCCc1ccc2cc(C3CCC(CC)CC3)ccc2c1F. The minimum atomic E-state index is -0.0504. The van der Waals surface area contributed by atoms with E-state index in [9.17, 15) is 4.39 Å². The molecule has 0 nitrogen and oxygen atoms in total. The predicted molar refractivity (Wildman–Crippen MR) is 97.4 cm³/mol. The monoisotopic (exact) mass is 310 g/mol. The highest BCUT2D eigenvalue weighted by Crippen LogP contribution is 2.38. The van der Waals surface area contributed by atoms with Gasteiger partial charge in [-0.2, -0.15) is 0 Å². The number of halogens is 1. The highest BCUT2D eigenvalue weighted by molar-refractivity contribution is 5.84. The number of hydrogen-bond acceptors (Lipinski definition) is 0. The first kappa shape index (κ1) is 16.2. The zero-order valence-electron chi connectivity index (χ0n) is 14.2. The van der Waals surface area contributed by atoms with Gasteiger partial charge in [0.05, 0.1) is 0 Å². The molecule has 0 amide bonds. The van der Waals surface area contributed by atoms with Gasteiger partial charge in [-0.3, -0.25) is 0 Å². The van der Waals surface area contributed by atoms with Crippen LogP contribution in [0, 0.1) is 11.7 Å². The van der Waals surface area contributed by atoms with Crippen LogP contribution in [0.1, 0.15) is 62.5 Å². The molecule has 0 heterocycles. The van der Waals surface area contributed by atoms with Crippen molar-refractivity contribution in [3.63, 3.8) is 0 Å². The van der Waals surface area contributed by atoms with Crippen molar-refractivity contribution in [3.05, 3.63) is 59.9 Å². The standard InChI is InChI=1S/C22H27F/c1-3-5-6-18-11-12-20-15-19(13-14-21(20)22(18)23)17-9-7-16(4-2)8-10-17/h3,11-17H,1,4-10H2,2H3. The molecule has 1 saturated carbocycles. The second kappa shape index (κ2) is 7.29. The van der Waals surface area contributed by atoms with Gasteiger partial charge < -0.3 is 0 Å². The van der Waals surface area contributed by atoms with Gasteiger partial charge in [0.25, 0.3) is 0 Å². The first-order valence-corrected chi connectivity index (χ1v) is 9.04. The van der Waals surface area contributed by atoms with Crippen molar-refractivity contribution in [2.24, 2.45) is 5.92 Å². The summed E-state index contributed by atoms with van der Waals surface area (Å²) >= 11 is 0. The smallest absolute Gasteiger partial charge is 0.134 e. The fraction of sp³-hybridized carbons (Fsp3) is 0.455. The maximum absolute atomic E-state index is 14.6. The van der Waals surface area contributed by atoms with Gasteiger partial charge >= 0.3 is 0 Å². The lowest BCUT2D eigenvalue weighted by molar-refractivity contribution is 0.319. The summed E-state index contributed by atoms with van der Waals surface area (Å²) in [5.74, 6) is 1.52. The van der Waals surface area contributed by atoms with Crippen molar-refractivity contribution < 1.29 is 4.39 Å². The second-order valence-corrected chi connectivity index (χ2v) is 6.97. The number of hydrogen-bond donors (Lipinski definition) is 0. The van der Waals surface area contributed by atoms with Crippen molar-refractivity contribution in [1.82, 2.24) is 0 Å². The molecule has 1 aliphatic rings. The molecule has 0 atom stereocenters. The summed E-state index contributed by atoms with van der Waals surface area (Å²) in [4.78, 5) is 0. The quantitative estimate of drug-likeness (QED) is 0.534. The largest absolute Gasteiger partial charge is 0.206 e. The predicted octanol–water partition coefficient (Wildman–Crippen LogP) is 6.78. The molecule has 0 aliphatic heterocycles. The maximum atomic E-state index is 14.6. The van der Waals surface area contributed by atoms with Gasteiger partial charge in [-0.05, 0) is 66.9 Å². The lowest BCUT2D eigenvalue weighted by atomic mass is 9.77. The van der Waals surface area contributed by atoms with Crippen LogP contribution in [0.15, 0.2) is 43.0 Å². The molecule has 0 unspecified atom stereocenters. The molecule has 2 aromatic carbocycles. The van der Waals surface area contributed by atoms with Crippen LogP contribution in [0.3, 0.4) is 0 Å². The molecular formula is C22H27F. The summed E-state index contributed by atoms with van der Waals surface area (Å²) in [5, 5.41) is 1.80. The molecule has 23 heavy (non-hydrogen) atoms. The van der Waals surface area contributed by atoms with E-state index in [0.29, 0.717) is 5.92 Å². The van der Waals surface area contributed by atoms with Crippen molar-refractivity contribution in [2.45, 2.75) is 57.8 Å². The number of rotatable bonds is 5. The third kappa shape index (κ3) is 3.49. The van der Waals surface area contributed by atoms with E-state index in [1.165, 1.54) is 37.7 Å². The van der Waals surface area contributed by atoms with Gasteiger partial charge in [-0.1, -0.05) is 49.8 Å². The zero-order valence-corrected chi connectivity index (χ0v) is 14.2. The number of allylic oxidation sites excluding steroid dienone is 1. The van der Waals surface area contributed by atoms with E-state index in [4.69, 9.17) is 0 Å². The Bertz CT molecular complexity index is 678. The molecule has 1 fully saturated rings. The van der Waals surface area contributed by atoms with Crippen molar-refractivity contribution in [1.29, 1.82) is 0 Å². The van der Waals surface area contributed by atoms with Crippen LogP contribution in [0.2, 0.25) is 0 Å². The Morgan fingerprint density at radius 3 is 2.61 bits per heavy atom. The Morgan fingerprint density at radius 1 is 1.13 bits per heavy atom. The average Bonchev–Trinajstić information content (AvgIpc) is 2.61. The number of benzene rings is 2. The van der Waals surface area contributed by atoms with E-state index in [1.54, 1.807) is 0 Å². The van der Waals surface area contributed by atoms with Crippen LogP contribution < -0.4 is 0 Å². The summed E-state index contributed by atoms with van der Waals surface area (Å²) in [6.07, 6.45) is 9.95. The summed E-state index contributed by atoms with van der Waals surface area (Å²) in [5.41, 5.74) is 2.19. The minimum absolute atomic E-state index is 0.0504. The molecule has 0 aromatic heterocycles. The Hall–Kier alpha value is -1.63. The van der Waals surface area contributed by atoms with Crippen LogP contribution in [-0.2, 0) is 6.42 Å². The third-order valence-electron chi connectivity index (χ3n) is 5.57. The Morgan fingerprint density at radius 2 is 1.91 bits per heavy atom. The van der Waals surface area contributed by atoms with E-state index in [-0.39, 0.29) is 5.82 Å². The lowest BCUT2D eigenvalue weighted by Gasteiger charge is -2.28. The zero-order chi connectivity index (χ0) is 16.2. The van der Waals surface area contributed by atoms with Gasteiger partial charge in [0.2, 0.25) is 0 Å². The maximum Gasteiger partial charge on any atom is 0.134 e. The van der Waals surface area contributed by atoms with Crippen molar-refractivity contribution in [3.8, 4) is 0 Å². The van der Waals surface area contributed by atoms with Gasteiger partial charge in [0.1, 0.15) is 5.82 Å². The summed E-state index contributed by atoms with van der Waals surface area (Å²) in [7, 11) is 0. The fourth-order valence-corrected chi connectivity index (χ4v) is 3.96. The molecule has 0 N–H and O–H groups in total. The fourth-order valence-electron chi connectivity index (χ4n) is 3.96. The normalized spacial score (nSPS) is 21.5. The van der Waals surface area contributed by atoms with E-state index in [1.807, 2.05) is 18.2 Å². The Labute approximate surface area is 139 Å².